The Morgan fingerprint density at radius 2 is 2.10 bits per heavy atom. The van der Waals surface area contributed by atoms with Crippen LogP contribution in [-0.2, 0) is 20.6 Å². The number of nitriles is 1. The average molecular weight is 296 g/mol. The van der Waals surface area contributed by atoms with E-state index < -0.39 is 22.0 Å². The number of carboxylic acid groups (broad SMARTS) is 1. The van der Waals surface area contributed by atoms with Crippen molar-refractivity contribution in [3.8, 4) is 6.07 Å². The molecule has 108 valence electrons. The van der Waals surface area contributed by atoms with Crippen LogP contribution in [0.25, 0.3) is 0 Å². The second kappa shape index (κ2) is 6.50. The van der Waals surface area contributed by atoms with E-state index in [0.29, 0.717) is 11.1 Å². The molecule has 0 spiro atoms. The average Bonchev–Trinajstić information content (AvgIpc) is 2.35. The van der Waals surface area contributed by atoms with E-state index in [4.69, 9.17) is 10.4 Å². The highest BCUT2D eigenvalue weighted by atomic mass is 32.2. The van der Waals surface area contributed by atoms with Crippen LogP contribution >= 0.6 is 0 Å². The summed E-state index contributed by atoms with van der Waals surface area (Å²) < 4.78 is 26.1. The predicted octanol–water partition coefficient (Wildman–Crippen LogP) is 1.09. The van der Waals surface area contributed by atoms with Crippen LogP contribution in [0.4, 0.5) is 0 Å². The molecule has 0 saturated carbocycles. The van der Waals surface area contributed by atoms with Crippen molar-refractivity contribution in [2.24, 2.45) is 5.92 Å². The fourth-order valence-electron chi connectivity index (χ4n) is 1.66. The van der Waals surface area contributed by atoms with Crippen LogP contribution < -0.4 is 4.72 Å². The SMILES string of the molecule is CC(C)[C@H](NS(=O)(=O)Cc1cccc(C#N)c1)C(=O)O. The highest BCUT2D eigenvalue weighted by Crippen LogP contribution is 2.10. The molecule has 1 aromatic carbocycles. The van der Waals surface area contributed by atoms with Crippen LogP contribution in [0, 0.1) is 17.2 Å². The summed E-state index contributed by atoms with van der Waals surface area (Å²) in [5.41, 5.74) is 0.792. The Balaban J connectivity index is 2.89. The monoisotopic (exact) mass is 296 g/mol. The number of rotatable bonds is 6. The van der Waals surface area contributed by atoms with Gasteiger partial charge in [-0.2, -0.15) is 5.26 Å². The summed E-state index contributed by atoms with van der Waals surface area (Å²) in [6, 6.07) is 6.94. The molecule has 0 aromatic heterocycles. The molecule has 2 N–H and O–H groups in total. The van der Waals surface area contributed by atoms with Gasteiger partial charge in [0.1, 0.15) is 6.04 Å². The Kier molecular flexibility index (Phi) is 5.25. The second-order valence-corrected chi connectivity index (χ2v) is 6.50. The van der Waals surface area contributed by atoms with E-state index in [1.807, 2.05) is 6.07 Å². The summed E-state index contributed by atoms with van der Waals surface area (Å²) in [6.07, 6.45) is 0. The summed E-state index contributed by atoms with van der Waals surface area (Å²) in [6.45, 7) is 3.25. The molecule has 1 aromatic rings. The van der Waals surface area contributed by atoms with Crippen LogP contribution in [0.2, 0.25) is 0 Å². The zero-order valence-electron chi connectivity index (χ0n) is 11.2. The van der Waals surface area contributed by atoms with E-state index in [1.165, 1.54) is 6.07 Å². The van der Waals surface area contributed by atoms with Gasteiger partial charge in [-0.3, -0.25) is 4.79 Å². The molecule has 0 aliphatic carbocycles. The number of carbonyl (C=O) groups is 1. The van der Waals surface area contributed by atoms with Crippen LogP contribution in [0.3, 0.4) is 0 Å². The standard InChI is InChI=1S/C13H16N2O4S/c1-9(2)12(13(16)17)15-20(18,19)8-11-5-3-4-10(6-11)7-14/h3-6,9,12,15H,8H2,1-2H3,(H,16,17)/t12-/m0/s1. The number of hydrogen-bond acceptors (Lipinski definition) is 4. The van der Waals surface area contributed by atoms with Crippen molar-refractivity contribution in [1.82, 2.24) is 4.72 Å². The summed E-state index contributed by atoms with van der Waals surface area (Å²) in [5.74, 6) is -1.94. The molecule has 0 radical (unpaired) electrons. The van der Waals surface area contributed by atoms with E-state index >= 15 is 0 Å². The Hall–Kier alpha value is -1.91. The van der Waals surface area contributed by atoms with Crippen LogP contribution in [0.5, 0.6) is 0 Å². The lowest BCUT2D eigenvalue weighted by Gasteiger charge is -2.17. The summed E-state index contributed by atoms with van der Waals surface area (Å²) in [7, 11) is -3.79. The summed E-state index contributed by atoms with van der Waals surface area (Å²) >= 11 is 0. The summed E-state index contributed by atoms with van der Waals surface area (Å²) in [4.78, 5) is 11.0. The minimum atomic E-state index is -3.79. The van der Waals surface area contributed by atoms with Crippen molar-refractivity contribution < 1.29 is 18.3 Å². The third-order valence-electron chi connectivity index (χ3n) is 2.65. The first-order valence-electron chi connectivity index (χ1n) is 5.97. The fraction of sp³-hybridized carbons (Fsp3) is 0.385. The smallest absolute Gasteiger partial charge is 0.321 e. The Bertz CT molecular complexity index is 632. The van der Waals surface area contributed by atoms with Crippen molar-refractivity contribution in [1.29, 1.82) is 5.26 Å². The van der Waals surface area contributed by atoms with Crippen molar-refractivity contribution in [2.75, 3.05) is 0 Å². The summed E-state index contributed by atoms with van der Waals surface area (Å²) in [5, 5.41) is 17.7. The molecule has 6 nitrogen and oxygen atoms in total. The lowest BCUT2D eigenvalue weighted by molar-refractivity contribution is -0.140. The number of nitrogens with one attached hydrogen (secondary N) is 1. The Labute approximate surface area is 118 Å². The molecule has 20 heavy (non-hydrogen) atoms. The molecule has 0 saturated heterocycles. The molecule has 7 heteroatoms. The minimum absolute atomic E-state index is 0.358. The maximum Gasteiger partial charge on any atom is 0.321 e. The van der Waals surface area contributed by atoms with Crippen molar-refractivity contribution in [3.05, 3.63) is 35.4 Å². The molecule has 0 heterocycles. The number of carboxylic acids is 1. The lowest BCUT2D eigenvalue weighted by Crippen LogP contribution is -2.44. The third kappa shape index (κ3) is 4.64. The van der Waals surface area contributed by atoms with Gasteiger partial charge in [-0.15, -0.1) is 0 Å². The molecule has 0 aliphatic rings. The molecular formula is C13H16N2O4S. The molecule has 1 atom stereocenters. The van der Waals surface area contributed by atoms with E-state index in [0.717, 1.165) is 0 Å². The normalized spacial score (nSPS) is 12.9. The molecular weight excluding hydrogens is 280 g/mol. The van der Waals surface area contributed by atoms with Gasteiger partial charge in [0.25, 0.3) is 0 Å². The van der Waals surface area contributed by atoms with Crippen molar-refractivity contribution >= 4 is 16.0 Å². The Morgan fingerprint density at radius 1 is 1.45 bits per heavy atom. The highest BCUT2D eigenvalue weighted by molar-refractivity contribution is 7.88. The molecule has 1 rings (SSSR count). The maximum absolute atomic E-state index is 12.0. The second-order valence-electron chi connectivity index (χ2n) is 4.75. The topological polar surface area (TPSA) is 107 Å². The van der Waals surface area contributed by atoms with Crippen LogP contribution in [0.1, 0.15) is 25.0 Å². The van der Waals surface area contributed by atoms with E-state index in [9.17, 15) is 13.2 Å². The first-order valence-corrected chi connectivity index (χ1v) is 7.62. The van der Waals surface area contributed by atoms with Gasteiger partial charge in [-0.25, -0.2) is 13.1 Å². The van der Waals surface area contributed by atoms with E-state index in [1.54, 1.807) is 32.0 Å². The first-order chi connectivity index (χ1) is 9.25. The van der Waals surface area contributed by atoms with Crippen LogP contribution in [-0.4, -0.2) is 25.5 Å². The van der Waals surface area contributed by atoms with Crippen molar-refractivity contribution in [2.45, 2.75) is 25.6 Å². The Morgan fingerprint density at radius 3 is 2.60 bits per heavy atom. The third-order valence-corrected chi connectivity index (χ3v) is 3.98. The van der Waals surface area contributed by atoms with Gasteiger partial charge in [0.15, 0.2) is 0 Å². The molecule has 0 fully saturated rings. The van der Waals surface area contributed by atoms with Gasteiger partial charge < -0.3 is 5.11 Å². The number of sulfonamides is 1. The largest absolute Gasteiger partial charge is 0.480 e. The first kappa shape index (κ1) is 16.1. The molecule has 0 amide bonds. The van der Waals surface area contributed by atoms with Gasteiger partial charge in [-0.05, 0) is 23.6 Å². The van der Waals surface area contributed by atoms with Crippen LogP contribution in [0.15, 0.2) is 24.3 Å². The molecule has 0 aliphatic heterocycles. The number of aliphatic carboxylic acids is 1. The number of nitrogens with zero attached hydrogens (tertiary/aromatic N) is 1. The van der Waals surface area contributed by atoms with Crippen molar-refractivity contribution in [3.63, 3.8) is 0 Å². The van der Waals surface area contributed by atoms with E-state index in [2.05, 4.69) is 4.72 Å². The van der Waals surface area contributed by atoms with Gasteiger partial charge >= 0.3 is 5.97 Å². The number of hydrogen-bond donors (Lipinski definition) is 2. The number of benzene rings is 1. The van der Waals surface area contributed by atoms with Gasteiger partial charge in [0, 0.05) is 0 Å². The molecule has 0 bridgehead atoms. The van der Waals surface area contributed by atoms with Gasteiger partial charge in [0.05, 0.1) is 17.4 Å². The zero-order chi connectivity index (χ0) is 15.3. The van der Waals surface area contributed by atoms with Gasteiger partial charge in [0.2, 0.25) is 10.0 Å². The maximum atomic E-state index is 12.0. The predicted molar refractivity (Wildman–Crippen MR) is 73.2 cm³/mol. The van der Waals surface area contributed by atoms with E-state index in [-0.39, 0.29) is 11.7 Å². The lowest BCUT2D eigenvalue weighted by atomic mass is 10.1. The zero-order valence-corrected chi connectivity index (χ0v) is 12.0. The quantitative estimate of drug-likeness (QED) is 0.817. The van der Waals surface area contributed by atoms with Gasteiger partial charge in [-0.1, -0.05) is 26.0 Å². The minimum Gasteiger partial charge on any atom is -0.480 e. The fourth-order valence-corrected chi connectivity index (χ4v) is 3.12. The highest BCUT2D eigenvalue weighted by Gasteiger charge is 2.26. The molecule has 0 unspecified atom stereocenters.